The van der Waals surface area contributed by atoms with E-state index in [4.69, 9.17) is 9.42 Å². The molecule has 0 aliphatic heterocycles. The van der Waals surface area contributed by atoms with Crippen LogP contribution in [0.5, 0.6) is 0 Å². The Morgan fingerprint density at radius 3 is 3.08 bits per heavy atom. The summed E-state index contributed by atoms with van der Waals surface area (Å²) < 4.78 is 15.9. The van der Waals surface area contributed by atoms with E-state index in [2.05, 4.69) is 12.7 Å². The van der Waals surface area contributed by atoms with Crippen LogP contribution in [0.3, 0.4) is 0 Å². The molecule has 2 unspecified atom stereocenters. The molecule has 2 atom stereocenters. The lowest BCUT2D eigenvalue weighted by molar-refractivity contribution is 0.231. The number of rotatable bonds is 4. The molecule has 1 aliphatic carbocycles. The third-order valence-corrected chi connectivity index (χ3v) is 3.04. The summed E-state index contributed by atoms with van der Waals surface area (Å²) in [5.74, 6) is 1.26. The maximum atomic E-state index is 11.0. The van der Waals surface area contributed by atoms with Gasteiger partial charge in [-0.15, -0.1) is 0 Å². The molecule has 0 saturated heterocycles. The smallest absolute Gasteiger partial charge is 0.321 e. The molecule has 3 nitrogen and oxygen atoms in total. The summed E-state index contributed by atoms with van der Waals surface area (Å²) in [4.78, 5) is 9.05. The van der Waals surface area contributed by atoms with Crippen molar-refractivity contribution < 1.29 is 14.0 Å². The summed E-state index contributed by atoms with van der Waals surface area (Å²) in [6, 6.07) is 0. The van der Waals surface area contributed by atoms with Gasteiger partial charge in [0.25, 0.3) is 0 Å². The highest BCUT2D eigenvalue weighted by atomic mass is 31.2. The highest BCUT2D eigenvalue weighted by Crippen LogP contribution is 2.43. The Labute approximate surface area is 78.6 Å². The van der Waals surface area contributed by atoms with Crippen LogP contribution in [0.1, 0.15) is 19.3 Å². The van der Waals surface area contributed by atoms with Crippen molar-refractivity contribution in [3.63, 3.8) is 0 Å². The minimum absolute atomic E-state index is 0.286. The van der Waals surface area contributed by atoms with Crippen molar-refractivity contribution >= 4 is 7.60 Å². The van der Waals surface area contributed by atoms with Gasteiger partial charge < -0.3 is 9.42 Å². The quantitative estimate of drug-likeness (QED) is 0.563. The third kappa shape index (κ3) is 3.90. The van der Waals surface area contributed by atoms with Gasteiger partial charge in [-0.3, -0.25) is 4.57 Å². The molecule has 0 heterocycles. The first kappa shape index (κ1) is 10.7. The molecule has 74 valence electrons. The first-order valence-corrected chi connectivity index (χ1v) is 6.06. The fraction of sp³-hybridized carbons (Fsp3) is 0.556. The predicted octanol–water partition coefficient (Wildman–Crippen LogP) is 2.69. The molecule has 0 amide bonds. The van der Waals surface area contributed by atoms with E-state index in [1.807, 2.05) is 6.08 Å². The molecule has 0 aromatic carbocycles. The van der Waals surface area contributed by atoms with Crippen molar-refractivity contribution in [1.82, 2.24) is 0 Å². The largest absolute Gasteiger partial charge is 0.351 e. The Morgan fingerprint density at radius 1 is 1.77 bits per heavy atom. The molecule has 1 N–H and O–H groups in total. The summed E-state index contributed by atoms with van der Waals surface area (Å²) >= 11 is 0. The van der Waals surface area contributed by atoms with Crippen LogP contribution in [-0.2, 0) is 9.09 Å². The lowest BCUT2D eigenvalue weighted by Gasteiger charge is -2.17. The number of allylic oxidation sites excluding steroid dienone is 1. The average Bonchev–Trinajstić information content (AvgIpc) is 2.17. The molecule has 0 aromatic heterocycles. The molecule has 0 saturated carbocycles. The lowest BCUT2D eigenvalue weighted by atomic mass is 9.97. The van der Waals surface area contributed by atoms with Crippen molar-refractivity contribution in [3.05, 3.63) is 24.5 Å². The Balaban J connectivity index is 2.33. The molecule has 0 aromatic rings. The van der Waals surface area contributed by atoms with E-state index in [1.54, 1.807) is 0 Å². The fourth-order valence-electron chi connectivity index (χ4n) is 1.28. The molecule has 0 spiro atoms. The van der Waals surface area contributed by atoms with Crippen molar-refractivity contribution in [2.24, 2.45) is 5.92 Å². The zero-order valence-corrected chi connectivity index (χ0v) is 8.45. The molecule has 0 radical (unpaired) electrons. The standard InChI is InChI=1S/C9H15O3P/c1-2-13(10,11)12-8-9-6-4-3-5-7-9/h2,4,6,9H,1,3,5,7-8H2,(H,10,11). The molecule has 4 heteroatoms. The van der Waals surface area contributed by atoms with E-state index >= 15 is 0 Å². The Morgan fingerprint density at radius 2 is 2.54 bits per heavy atom. The monoisotopic (exact) mass is 202 g/mol. The zero-order valence-electron chi connectivity index (χ0n) is 7.56. The normalized spacial score (nSPS) is 26.7. The molecule has 0 bridgehead atoms. The van der Waals surface area contributed by atoms with Gasteiger partial charge in [-0.2, -0.15) is 0 Å². The van der Waals surface area contributed by atoms with Gasteiger partial charge in [0.05, 0.1) is 6.61 Å². The maximum Gasteiger partial charge on any atom is 0.351 e. The van der Waals surface area contributed by atoms with Crippen LogP contribution in [0, 0.1) is 5.92 Å². The first-order chi connectivity index (χ1) is 6.14. The van der Waals surface area contributed by atoms with E-state index in [-0.39, 0.29) is 5.92 Å². The molecule has 13 heavy (non-hydrogen) atoms. The Hall–Kier alpha value is -0.370. The molecule has 0 fully saturated rings. The summed E-state index contributed by atoms with van der Waals surface area (Å²) in [7, 11) is -3.51. The Bertz CT molecular complexity index is 247. The zero-order chi connectivity index (χ0) is 9.73. The van der Waals surface area contributed by atoms with Gasteiger partial charge in [0.15, 0.2) is 0 Å². The van der Waals surface area contributed by atoms with Crippen molar-refractivity contribution in [2.75, 3.05) is 6.61 Å². The Kier molecular flexibility index (Phi) is 3.91. The predicted molar refractivity (Wildman–Crippen MR) is 52.5 cm³/mol. The average molecular weight is 202 g/mol. The topological polar surface area (TPSA) is 46.5 Å². The highest BCUT2D eigenvalue weighted by molar-refractivity contribution is 7.56. The third-order valence-electron chi connectivity index (χ3n) is 2.06. The van der Waals surface area contributed by atoms with E-state index in [0.29, 0.717) is 6.61 Å². The summed E-state index contributed by atoms with van der Waals surface area (Å²) in [6.07, 6.45) is 7.41. The van der Waals surface area contributed by atoms with Crippen LogP contribution in [-0.4, -0.2) is 11.5 Å². The first-order valence-electron chi connectivity index (χ1n) is 4.41. The lowest BCUT2D eigenvalue weighted by Crippen LogP contribution is -2.08. The van der Waals surface area contributed by atoms with Crippen molar-refractivity contribution in [1.29, 1.82) is 0 Å². The summed E-state index contributed by atoms with van der Waals surface area (Å²) in [6.45, 7) is 3.56. The van der Waals surface area contributed by atoms with Crippen molar-refractivity contribution in [2.45, 2.75) is 19.3 Å². The van der Waals surface area contributed by atoms with Crippen LogP contribution in [0.15, 0.2) is 24.5 Å². The molecular weight excluding hydrogens is 187 g/mol. The SMILES string of the molecule is C=CP(=O)(O)OCC1C=CCCC1. The summed E-state index contributed by atoms with van der Waals surface area (Å²) in [5.41, 5.74) is 0. The van der Waals surface area contributed by atoms with Crippen molar-refractivity contribution in [3.8, 4) is 0 Å². The minimum atomic E-state index is -3.51. The van der Waals surface area contributed by atoms with Gasteiger partial charge in [0.1, 0.15) is 0 Å². The number of hydrogen-bond acceptors (Lipinski definition) is 2. The van der Waals surface area contributed by atoms with Gasteiger partial charge in [-0.05, 0) is 19.3 Å². The fourth-order valence-corrected chi connectivity index (χ4v) is 1.79. The second-order valence-corrected chi connectivity index (χ2v) is 4.91. The van der Waals surface area contributed by atoms with Crippen LogP contribution in [0.2, 0.25) is 0 Å². The van der Waals surface area contributed by atoms with Gasteiger partial charge in [-0.1, -0.05) is 18.7 Å². The maximum absolute atomic E-state index is 11.0. The van der Waals surface area contributed by atoms with Crippen LogP contribution in [0.4, 0.5) is 0 Å². The van der Waals surface area contributed by atoms with E-state index in [0.717, 1.165) is 25.1 Å². The van der Waals surface area contributed by atoms with Crippen LogP contribution >= 0.6 is 7.60 Å². The van der Waals surface area contributed by atoms with Gasteiger partial charge in [0, 0.05) is 11.7 Å². The molecule has 1 rings (SSSR count). The molecule has 1 aliphatic rings. The highest BCUT2D eigenvalue weighted by Gasteiger charge is 2.16. The van der Waals surface area contributed by atoms with Crippen LogP contribution in [0.25, 0.3) is 0 Å². The van der Waals surface area contributed by atoms with Gasteiger partial charge in [0.2, 0.25) is 0 Å². The second-order valence-electron chi connectivity index (χ2n) is 3.16. The van der Waals surface area contributed by atoms with Gasteiger partial charge >= 0.3 is 7.60 Å². The van der Waals surface area contributed by atoms with E-state index in [1.165, 1.54) is 0 Å². The van der Waals surface area contributed by atoms with E-state index in [9.17, 15) is 4.57 Å². The second kappa shape index (κ2) is 4.75. The molecular formula is C9H15O3P. The van der Waals surface area contributed by atoms with Gasteiger partial charge in [-0.25, -0.2) is 0 Å². The minimum Gasteiger partial charge on any atom is -0.321 e. The van der Waals surface area contributed by atoms with Crippen LogP contribution < -0.4 is 0 Å². The van der Waals surface area contributed by atoms with E-state index < -0.39 is 7.60 Å². The number of hydrogen-bond donors (Lipinski definition) is 1. The summed E-state index contributed by atoms with van der Waals surface area (Å²) in [5, 5.41) is 0.